The first-order valence-corrected chi connectivity index (χ1v) is 5.46. The van der Waals surface area contributed by atoms with E-state index in [0.29, 0.717) is 6.54 Å². The Bertz CT molecular complexity index is 211. The van der Waals surface area contributed by atoms with Gasteiger partial charge in [-0.25, -0.2) is 0 Å². The second-order valence-electron chi connectivity index (χ2n) is 4.03. The number of morpholine rings is 1. The smallest absolute Gasteiger partial charge is 0.234 e. The number of amides is 1. The summed E-state index contributed by atoms with van der Waals surface area (Å²) in [5.74, 6) is -0.290. The average Bonchev–Trinajstić information content (AvgIpc) is 2.18. The molecule has 3 N–H and O–H groups in total. The Morgan fingerprint density at radius 1 is 1.73 bits per heavy atom. The lowest BCUT2D eigenvalue weighted by atomic mass is 10.2. The van der Waals surface area contributed by atoms with Crippen LogP contribution < -0.4 is 11.1 Å². The summed E-state index contributed by atoms with van der Waals surface area (Å²) < 4.78 is 5.57. The van der Waals surface area contributed by atoms with Gasteiger partial charge in [-0.15, -0.1) is 0 Å². The molecular formula is C10H21N3O2. The Hall–Kier alpha value is -0.650. The van der Waals surface area contributed by atoms with Gasteiger partial charge in [0.1, 0.15) is 0 Å². The Balaban J connectivity index is 2.26. The zero-order chi connectivity index (χ0) is 11.3. The molecule has 15 heavy (non-hydrogen) atoms. The van der Waals surface area contributed by atoms with Crippen LogP contribution in [0.3, 0.4) is 0 Å². The van der Waals surface area contributed by atoms with Gasteiger partial charge in [-0.3, -0.25) is 4.79 Å². The lowest BCUT2D eigenvalue weighted by molar-refractivity contribution is -0.120. The molecule has 0 spiro atoms. The fourth-order valence-corrected chi connectivity index (χ4v) is 1.71. The van der Waals surface area contributed by atoms with Gasteiger partial charge < -0.3 is 20.7 Å². The molecule has 2 unspecified atom stereocenters. The largest absolute Gasteiger partial charge is 0.374 e. The minimum atomic E-state index is -0.290. The van der Waals surface area contributed by atoms with Crippen molar-refractivity contribution in [3.8, 4) is 0 Å². The summed E-state index contributed by atoms with van der Waals surface area (Å²) in [5, 5.41) is 3.13. The molecule has 0 aromatic rings. The summed E-state index contributed by atoms with van der Waals surface area (Å²) in [6.45, 7) is 5.27. The van der Waals surface area contributed by atoms with Crippen LogP contribution >= 0.6 is 0 Å². The quantitative estimate of drug-likeness (QED) is 0.628. The number of hydrogen-bond acceptors (Lipinski definition) is 4. The average molecular weight is 215 g/mol. The highest BCUT2D eigenvalue weighted by molar-refractivity contribution is 5.79. The molecule has 0 aromatic carbocycles. The molecule has 0 saturated carbocycles. The Kier molecular flexibility index (Phi) is 5.01. The van der Waals surface area contributed by atoms with Crippen molar-refractivity contribution in [1.29, 1.82) is 0 Å². The van der Waals surface area contributed by atoms with Crippen molar-refractivity contribution in [3.63, 3.8) is 0 Å². The van der Waals surface area contributed by atoms with E-state index in [2.05, 4.69) is 17.3 Å². The molecule has 1 saturated heterocycles. The van der Waals surface area contributed by atoms with E-state index < -0.39 is 0 Å². The molecule has 1 aliphatic rings. The summed E-state index contributed by atoms with van der Waals surface area (Å²) in [6, 6.07) is -0.235. The molecule has 0 radical (unpaired) electrons. The van der Waals surface area contributed by atoms with Crippen molar-refractivity contribution < 1.29 is 9.53 Å². The van der Waals surface area contributed by atoms with Crippen LogP contribution in [0.1, 0.15) is 13.3 Å². The fraction of sp³-hybridized carbons (Fsp3) is 0.900. The molecule has 1 aliphatic heterocycles. The highest BCUT2D eigenvalue weighted by atomic mass is 16.5. The van der Waals surface area contributed by atoms with Crippen molar-refractivity contribution in [2.45, 2.75) is 25.5 Å². The first kappa shape index (κ1) is 12.4. The van der Waals surface area contributed by atoms with Gasteiger partial charge in [-0.2, -0.15) is 0 Å². The molecule has 2 atom stereocenters. The predicted molar refractivity (Wildman–Crippen MR) is 58.5 cm³/mol. The van der Waals surface area contributed by atoms with Gasteiger partial charge in [-0.05, 0) is 13.5 Å². The lowest BCUT2D eigenvalue weighted by Gasteiger charge is -2.30. The van der Waals surface area contributed by atoms with E-state index in [4.69, 9.17) is 10.5 Å². The molecule has 0 aliphatic carbocycles. The van der Waals surface area contributed by atoms with E-state index in [1.54, 1.807) is 0 Å². The second-order valence-corrected chi connectivity index (χ2v) is 4.03. The number of primary amides is 1. The number of carbonyl (C=O) groups excluding carboxylic acids is 1. The number of ether oxygens (including phenoxy) is 1. The third-order valence-electron chi connectivity index (χ3n) is 2.69. The van der Waals surface area contributed by atoms with Crippen LogP contribution in [-0.2, 0) is 9.53 Å². The summed E-state index contributed by atoms with van der Waals surface area (Å²) >= 11 is 0. The van der Waals surface area contributed by atoms with Crippen molar-refractivity contribution in [3.05, 3.63) is 0 Å². The van der Waals surface area contributed by atoms with E-state index in [1.165, 1.54) is 0 Å². The molecule has 1 fully saturated rings. The van der Waals surface area contributed by atoms with E-state index >= 15 is 0 Å². The van der Waals surface area contributed by atoms with E-state index in [1.807, 2.05) is 6.92 Å². The van der Waals surface area contributed by atoms with Crippen molar-refractivity contribution >= 4 is 5.91 Å². The van der Waals surface area contributed by atoms with Gasteiger partial charge in [0, 0.05) is 19.6 Å². The van der Waals surface area contributed by atoms with Gasteiger partial charge in [0.15, 0.2) is 0 Å². The zero-order valence-electron chi connectivity index (χ0n) is 9.53. The third kappa shape index (κ3) is 4.15. The lowest BCUT2D eigenvalue weighted by Crippen LogP contribution is -2.49. The number of hydrogen-bond donors (Lipinski definition) is 2. The SMILES string of the molecule is CCC(NCC1CN(C)CCO1)C(N)=O. The number of rotatable bonds is 5. The summed E-state index contributed by atoms with van der Waals surface area (Å²) in [7, 11) is 2.07. The monoisotopic (exact) mass is 215 g/mol. The fourth-order valence-electron chi connectivity index (χ4n) is 1.71. The van der Waals surface area contributed by atoms with Crippen molar-refractivity contribution in [2.75, 3.05) is 33.3 Å². The molecule has 1 amide bonds. The van der Waals surface area contributed by atoms with Crippen LogP contribution in [0.5, 0.6) is 0 Å². The molecular weight excluding hydrogens is 194 g/mol. The molecule has 0 aromatic heterocycles. The van der Waals surface area contributed by atoms with E-state index in [0.717, 1.165) is 26.1 Å². The second kappa shape index (κ2) is 6.05. The summed E-state index contributed by atoms with van der Waals surface area (Å²) in [5.41, 5.74) is 5.24. The van der Waals surface area contributed by atoms with Gasteiger partial charge in [0.2, 0.25) is 5.91 Å². The molecule has 88 valence electrons. The molecule has 1 heterocycles. The van der Waals surface area contributed by atoms with Crippen molar-refractivity contribution in [2.24, 2.45) is 5.73 Å². The van der Waals surface area contributed by atoms with E-state index in [-0.39, 0.29) is 18.1 Å². The highest BCUT2D eigenvalue weighted by Gasteiger charge is 2.19. The minimum absolute atomic E-state index is 0.164. The Morgan fingerprint density at radius 3 is 3.00 bits per heavy atom. The number of likely N-dealkylation sites (N-methyl/N-ethyl adjacent to an activating group) is 1. The molecule has 5 heteroatoms. The summed E-state index contributed by atoms with van der Waals surface area (Å²) in [6.07, 6.45) is 0.884. The first-order valence-electron chi connectivity index (χ1n) is 5.46. The Labute approximate surface area is 90.9 Å². The maximum atomic E-state index is 11.0. The molecule has 0 bridgehead atoms. The first-order chi connectivity index (χ1) is 7.13. The predicted octanol–water partition coefficient (Wildman–Crippen LogP) is -0.829. The minimum Gasteiger partial charge on any atom is -0.374 e. The standard InChI is InChI=1S/C10H21N3O2/c1-3-9(10(11)14)12-6-8-7-13(2)4-5-15-8/h8-9,12H,3-7H2,1-2H3,(H2,11,14). The summed E-state index contributed by atoms with van der Waals surface area (Å²) in [4.78, 5) is 13.2. The van der Waals surface area contributed by atoms with Gasteiger partial charge in [-0.1, -0.05) is 6.92 Å². The van der Waals surface area contributed by atoms with Crippen LogP contribution in [0, 0.1) is 0 Å². The topological polar surface area (TPSA) is 67.6 Å². The molecule has 5 nitrogen and oxygen atoms in total. The van der Waals surface area contributed by atoms with Crippen LogP contribution in [-0.4, -0.2) is 56.2 Å². The Morgan fingerprint density at radius 2 is 2.47 bits per heavy atom. The van der Waals surface area contributed by atoms with Gasteiger partial charge in [0.05, 0.1) is 18.8 Å². The van der Waals surface area contributed by atoms with Crippen LogP contribution in [0.25, 0.3) is 0 Å². The number of nitrogens with one attached hydrogen (secondary N) is 1. The van der Waals surface area contributed by atoms with Gasteiger partial charge in [0.25, 0.3) is 0 Å². The van der Waals surface area contributed by atoms with Crippen molar-refractivity contribution in [1.82, 2.24) is 10.2 Å². The number of nitrogens with two attached hydrogens (primary N) is 1. The zero-order valence-corrected chi connectivity index (χ0v) is 9.53. The maximum absolute atomic E-state index is 11.0. The van der Waals surface area contributed by atoms with Crippen LogP contribution in [0.2, 0.25) is 0 Å². The normalized spacial score (nSPS) is 25.1. The number of nitrogens with zero attached hydrogens (tertiary/aromatic N) is 1. The third-order valence-corrected chi connectivity index (χ3v) is 2.69. The number of carbonyl (C=O) groups is 1. The van der Waals surface area contributed by atoms with Crippen LogP contribution in [0.4, 0.5) is 0 Å². The van der Waals surface area contributed by atoms with Gasteiger partial charge >= 0.3 is 0 Å². The maximum Gasteiger partial charge on any atom is 0.234 e. The van der Waals surface area contributed by atoms with E-state index in [9.17, 15) is 4.79 Å². The molecule has 1 rings (SSSR count). The van der Waals surface area contributed by atoms with Crippen LogP contribution in [0.15, 0.2) is 0 Å². The highest BCUT2D eigenvalue weighted by Crippen LogP contribution is 2.02.